The number of hydrogen-bond donors (Lipinski definition) is 1. The highest BCUT2D eigenvalue weighted by Crippen LogP contribution is 2.31. The van der Waals surface area contributed by atoms with Crippen LogP contribution >= 0.6 is 11.6 Å². The molecule has 1 N–H and O–H groups in total. The Morgan fingerprint density at radius 2 is 1.96 bits per heavy atom. The molecule has 0 radical (unpaired) electrons. The third kappa shape index (κ3) is 4.07. The van der Waals surface area contributed by atoms with Gasteiger partial charge in [0.1, 0.15) is 5.75 Å². The maximum absolute atomic E-state index is 12.1. The number of ether oxygens (including phenoxy) is 1. The minimum absolute atomic E-state index is 0.0199. The van der Waals surface area contributed by atoms with Crippen LogP contribution in [-0.2, 0) is 16.3 Å². The quantitative estimate of drug-likeness (QED) is 0.786. The summed E-state index contributed by atoms with van der Waals surface area (Å²) in [6.07, 6.45) is 1.64. The van der Waals surface area contributed by atoms with Gasteiger partial charge in [-0.05, 0) is 47.9 Å². The van der Waals surface area contributed by atoms with Gasteiger partial charge in [0.25, 0.3) is 5.24 Å². The largest absolute Gasteiger partial charge is 0.497 e. The highest BCUT2D eigenvalue weighted by molar-refractivity contribution is 7.90. The van der Waals surface area contributed by atoms with Crippen LogP contribution in [0.1, 0.15) is 22.8 Å². The van der Waals surface area contributed by atoms with E-state index in [2.05, 4.69) is 5.32 Å². The third-order valence-corrected chi connectivity index (χ3v) is 4.89. The Kier molecular flexibility index (Phi) is 5.51. The molecule has 0 aliphatic rings. The van der Waals surface area contributed by atoms with Crippen molar-refractivity contribution < 1.29 is 17.9 Å². The van der Waals surface area contributed by atoms with Gasteiger partial charge in [0.05, 0.1) is 17.7 Å². The van der Waals surface area contributed by atoms with Crippen LogP contribution in [0.4, 0.5) is 11.4 Å². The van der Waals surface area contributed by atoms with Crippen LogP contribution in [0.2, 0.25) is 0 Å². The van der Waals surface area contributed by atoms with Crippen molar-refractivity contribution in [2.45, 2.75) is 18.2 Å². The van der Waals surface area contributed by atoms with Crippen LogP contribution in [0.5, 0.6) is 5.75 Å². The van der Waals surface area contributed by atoms with Crippen LogP contribution in [0.3, 0.4) is 0 Å². The van der Waals surface area contributed by atoms with Crippen molar-refractivity contribution in [2.75, 3.05) is 18.7 Å². The number of benzene rings is 2. The Morgan fingerprint density at radius 1 is 1.25 bits per heavy atom. The number of sulfone groups is 1. The lowest BCUT2D eigenvalue weighted by Gasteiger charge is -2.15. The normalized spacial score (nSPS) is 11.2. The molecular weight excluding hydrogens is 350 g/mol. The average molecular weight is 368 g/mol. The van der Waals surface area contributed by atoms with E-state index in [-0.39, 0.29) is 10.5 Å². The zero-order chi connectivity index (χ0) is 17.9. The first-order valence-corrected chi connectivity index (χ1v) is 9.51. The van der Waals surface area contributed by atoms with E-state index in [0.717, 1.165) is 6.26 Å². The van der Waals surface area contributed by atoms with Gasteiger partial charge in [-0.1, -0.05) is 13.0 Å². The van der Waals surface area contributed by atoms with Crippen LogP contribution in [0.15, 0.2) is 41.3 Å². The Morgan fingerprint density at radius 3 is 2.50 bits per heavy atom. The van der Waals surface area contributed by atoms with Gasteiger partial charge in [-0.2, -0.15) is 0 Å². The number of halogens is 1. The number of hydrogen-bond acceptors (Lipinski definition) is 5. The fourth-order valence-corrected chi connectivity index (χ4v) is 3.38. The Balaban J connectivity index is 2.60. The lowest BCUT2D eigenvalue weighted by atomic mass is 10.0. The summed E-state index contributed by atoms with van der Waals surface area (Å²) in [5.74, 6) is 0.643. The van der Waals surface area contributed by atoms with E-state index < -0.39 is 15.1 Å². The van der Waals surface area contributed by atoms with Crippen molar-refractivity contribution >= 4 is 38.1 Å². The molecule has 0 unspecified atom stereocenters. The van der Waals surface area contributed by atoms with Gasteiger partial charge in [-0.3, -0.25) is 4.79 Å². The number of carbonyl (C=O) groups excluding carboxylic acids is 1. The fourth-order valence-electron chi connectivity index (χ4n) is 2.36. The van der Waals surface area contributed by atoms with Gasteiger partial charge in [0.2, 0.25) is 0 Å². The third-order valence-electron chi connectivity index (χ3n) is 3.55. The molecule has 0 saturated heterocycles. The molecule has 128 valence electrons. The Hall–Kier alpha value is -2.05. The maximum Gasteiger partial charge on any atom is 0.252 e. The molecule has 0 aromatic heterocycles. The molecule has 0 heterocycles. The summed E-state index contributed by atoms with van der Waals surface area (Å²) in [5, 5.41) is 2.40. The molecule has 0 aliphatic heterocycles. The second-order valence-corrected chi connectivity index (χ2v) is 7.59. The van der Waals surface area contributed by atoms with Gasteiger partial charge in [0, 0.05) is 23.6 Å². The van der Waals surface area contributed by atoms with Crippen molar-refractivity contribution in [3.8, 4) is 5.75 Å². The molecule has 2 aromatic rings. The molecule has 0 atom stereocenters. The number of aryl methyl sites for hydroxylation is 1. The summed E-state index contributed by atoms with van der Waals surface area (Å²) in [6.45, 7) is 1.87. The molecule has 2 rings (SSSR count). The van der Waals surface area contributed by atoms with E-state index >= 15 is 0 Å². The van der Waals surface area contributed by atoms with E-state index in [1.807, 2.05) is 6.92 Å². The van der Waals surface area contributed by atoms with Crippen LogP contribution in [-0.4, -0.2) is 27.0 Å². The molecule has 5 nitrogen and oxygen atoms in total. The number of rotatable bonds is 6. The van der Waals surface area contributed by atoms with Crippen molar-refractivity contribution in [1.29, 1.82) is 0 Å². The highest BCUT2D eigenvalue weighted by atomic mass is 35.5. The van der Waals surface area contributed by atoms with Crippen molar-refractivity contribution in [3.63, 3.8) is 0 Å². The minimum Gasteiger partial charge on any atom is -0.497 e. The average Bonchev–Trinajstić information content (AvgIpc) is 2.53. The molecule has 0 bridgehead atoms. The Bertz CT molecular complexity index is 878. The SMILES string of the molecule is CCc1cc(Nc2cccc(OC)c2)c(S(C)(=O)=O)cc1C(=O)Cl. The summed E-state index contributed by atoms with van der Waals surface area (Å²) >= 11 is 5.59. The monoisotopic (exact) mass is 367 g/mol. The van der Waals surface area contributed by atoms with Crippen LogP contribution in [0, 0.1) is 0 Å². The first-order valence-electron chi connectivity index (χ1n) is 7.24. The smallest absolute Gasteiger partial charge is 0.252 e. The molecule has 0 aliphatic carbocycles. The van der Waals surface area contributed by atoms with Crippen LogP contribution < -0.4 is 10.1 Å². The number of carbonyl (C=O) groups is 1. The van der Waals surface area contributed by atoms with Gasteiger partial charge in [-0.15, -0.1) is 0 Å². The summed E-state index contributed by atoms with van der Waals surface area (Å²) in [6, 6.07) is 10.1. The zero-order valence-corrected chi connectivity index (χ0v) is 15.2. The van der Waals surface area contributed by atoms with Gasteiger partial charge in [0.15, 0.2) is 9.84 Å². The molecule has 0 fully saturated rings. The summed E-state index contributed by atoms with van der Waals surface area (Å²) < 4.78 is 29.4. The molecule has 0 saturated carbocycles. The molecular formula is C17H18ClNO4S. The molecule has 24 heavy (non-hydrogen) atoms. The second kappa shape index (κ2) is 7.23. The van der Waals surface area contributed by atoms with E-state index in [1.165, 1.54) is 6.07 Å². The van der Waals surface area contributed by atoms with E-state index in [1.54, 1.807) is 37.4 Å². The summed E-state index contributed by atoms with van der Waals surface area (Å²) in [5.41, 5.74) is 1.94. The van der Waals surface area contributed by atoms with E-state index in [9.17, 15) is 13.2 Å². The zero-order valence-electron chi connectivity index (χ0n) is 13.6. The maximum atomic E-state index is 12.1. The molecule has 7 heteroatoms. The standard InChI is InChI=1S/C17H18ClNO4S/c1-4-11-8-15(19-12-6-5-7-13(9-12)23-2)16(24(3,21)22)10-14(11)17(18)20/h5-10,19H,4H2,1-3H3. The molecule has 0 spiro atoms. The lowest BCUT2D eigenvalue weighted by molar-refractivity contribution is 0.108. The first kappa shape index (κ1) is 18.3. The van der Waals surface area contributed by atoms with Gasteiger partial charge >= 0.3 is 0 Å². The lowest BCUT2D eigenvalue weighted by Crippen LogP contribution is -2.07. The van der Waals surface area contributed by atoms with Gasteiger partial charge < -0.3 is 10.1 Å². The minimum atomic E-state index is -3.55. The highest BCUT2D eigenvalue weighted by Gasteiger charge is 2.19. The number of nitrogens with one attached hydrogen (secondary N) is 1. The second-order valence-electron chi connectivity index (χ2n) is 5.26. The van der Waals surface area contributed by atoms with Crippen molar-refractivity contribution in [2.24, 2.45) is 0 Å². The predicted octanol–water partition coefficient (Wildman–Crippen LogP) is 3.78. The summed E-state index contributed by atoms with van der Waals surface area (Å²) in [7, 11) is -2.00. The number of anilines is 2. The topological polar surface area (TPSA) is 72.5 Å². The van der Waals surface area contributed by atoms with E-state index in [0.29, 0.717) is 29.1 Å². The van der Waals surface area contributed by atoms with Gasteiger partial charge in [-0.25, -0.2) is 8.42 Å². The first-order chi connectivity index (χ1) is 11.3. The Labute approximate surface area is 146 Å². The summed E-state index contributed by atoms with van der Waals surface area (Å²) in [4.78, 5) is 11.6. The molecule has 0 amide bonds. The van der Waals surface area contributed by atoms with Crippen molar-refractivity contribution in [3.05, 3.63) is 47.5 Å². The van der Waals surface area contributed by atoms with E-state index in [4.69, 9.17) is 16.3 Å². The van der Waals surface area contributed by atoms with Crippen LogP contribution in [0.25, 0.3) is 0 Å². The molecule has 2 aromatic carbocycles. The number of methoxy groups -OCH3 is 1. The van der Waals surface area contributed by atoms with Crippen molar-refractivity contribution in [1.82, 2.24) is 0 Å². The fraction of sp³-hybridized carbons (Fsp3) is 0.235. The predicted molar refractivity (Wildman–Crippen MR) is 95.4 cm³/mol.